The lowest BCUT2D eigenvalue weighted by Crippen LogP contribution is -2.39. The fraction of sp³-hybridized carbons (Fsp3) is 0.474. The zero-order chi connectivity index (χ0) is 16.4. The number of nitriles is 1. The van der Waals surface area contributed by atoms with Crippen LogP contribution in [0.4, 0.5) is 0 Å². The van der Waals surface area contributed by atoms with Gasteiger partial charge in [-0.25, -0.2) is 0 Å². The molecule has 2 aromatic rings. The number of hydrogen-bond donors (Lipinski definition) is 0. The molecule has 0 bridgehead atoms. The minimum absolute atomic E-state index is 0.407. The molecule has 2 heterocycles. The minimum Gasteiger partial charge on any atom is -0.331 e. The zero-order valence-electron chi connectivity index (χ0n) is 13.9. The van der Waals surface area contributed by atoms with Crippen molar-refractivity contribution in [1.82, 2.24) is 9.47 Å². The van der Waals surface area contributed by atoms with Crippen molar-refractivity contribution < 1.29 is 4.79 Å². The highest BCUT2D eigenvalue weighted by atomic mass is 16.1. The number of benzene rings is 1. The summed E-state index contributed by atoms with van der Waals surface area (Å²) in [5.41, 5.74) is 3.38. The highest BCUT2D eigenvalue weighted by molar-refractivity contribution is 5.92. The first-order chi connectivity index (χ1) is 11.2. The minimum atomic E-state index is 0.407. The Morgan fingerprint density at radius 3 is 2.70 bits per heavy atom. The summed E-state index contributed by atoms with van der Waals surface area (Å²) in [6, 6.07) is 8.46. The molecule has 0 aliphatic carbocycles. The maximum Gasteiger partial charge on any atom is 0.150 e. The Morgan fingerprint density at radius 1 is 1.30 bits per heavy atom. The number of nitrogens with zero attached hydrogens (tertiary/aromatic N) is 3. The summed E-state index contributed by atoms with van der Waals surface area (Å²) in [4.78, 5) is 13.7. The largest absolute Gasteiger partial charge is 0.331 e. The fourth-order valence-electron chi connectivity index (χ4n) is 3.65. The third-order valence-electron chi connectivity index (χ3n) is 5.10. The quantitative estimate of drug-likeness (QED) is 0.812. The summed E-state index contributed by atoms with van der Waals surface area (Å²) < 4.78 is 2.11. The van der Waals surface area contributed by atoms with Gasteiger partial charge in [-0.15, -0.1) is 0 Å². The summed E-state index contributed by atoms with van der Waals surface area (Å²) >= 11 is 0. The van der Waals surface area contributed by atoms with Gasteiger partial charge in [0.05, 0.1) is 0 Å². The van der Waals surface area contributed by atoms with Gasteiger partial charge in [0.2, 0.25) is 0 Å². The molecule has 0 spiro atoms. The van der Waals surface area contributed by atoms with Crippen LogP contribution in [0.2, 0.25) is 0 Å². The third kappa shape index (κ3) is 2.89. The molecule has 4 heteroatoms. The Hall–Kier alpha value is -2.12. The average Bonchev–Trinajstić information content (AvgIpc) is 2.94. The second-order valence-corrected chi connectivity index (χ2v) is 6.53. The molecule has 1 aromatic carbocycles. The number of hydrogen-bond acceptors (Lipinski definition) is 3. The van der Waals surface area contributed by atoms with Crippen molar-refractivity contribution in [3.63, 3.8) is 0 Å². The van der Waals surface area contributed by atoms with Crippen molar-refractivity contribution in [1.29, 1.82) is 5.26 Å². The van der Waals surface area contributed by atoms with Crippen molar-refractivity contribution in [3.8, 4) is 6.07 Å². The Morgan fingerprint density at radius 2 is 2.04 bits per heavy atom. The van der Waals surface area contributed by atoms with Gasteiger partial charge in [-0.3, -0.25) is 9.69 Å². The van der Waals surface area contributed by atoms with Crippen LogP contribution in [0.3, 0.4) is 0 Å². The molecule has 0 amide bonds. The number of likely N-dealkylation sites (tertiary alicyclic amines) is 1. The number of carbonyl (C=O) groups excluding carboxylic acids is 1. The van der Waals surface area contributed by atoms with Crippen LogP contribution in [0.25, 0.3) is 10.9 Å². The van der Waals surface area contributed by atoms with Gasteiger partial charge >= 0.3 is 0 Å². The molecule has 0 radical (unpaired) electrons. The number of aryl methyl sites for hydroxylation is 1. The van der Waals surface area contributed by atoms with E-state index in [-0.39, 0.29) is 0 Å². The molecule has 23 heavy (non-hydrogen) atoms. The van der Waals surface area contributed by atoms with Gasteiger partial charge in [0.1, 0.15) is 18.0 Å². The lowest BCUT2D eigenvalue weighted by atomic mass is 10.1. The predicted molar refractivity (Wildman–Crippen MR) is 91.7 cm³/mol. The number of piperidine rings is 1. The van der Waals surface area contributed by atoms with Crippen LogP contribution in [0.1, 0.15) is 47.8 Å². The van der Waals surface area contributed by atoms with Gasteiger partial charge in [0.25, 0.3) is 0 Å². The zero-order valence-corrected chi connectivity index (χ0v) is 13.9. The van der Waals surface area contributed by atoms with E-state index in [9.17, 15) is 10.1 Å². The second-order valence-electron chi connectivity index (χ2n) is 6.53. The van der Waals surface area contributed by atoms with E-state index in [1.807, 2.05) is 25.1 Å². The first-order valence-electron chi connectivity index (χ1n) is 8.38. The molecule has 1 aliphatic heterocycles. The van der Waals surface area contributed by atoms with E-state index >= 15 is 0 Å². The average molecular weight is 309 g/mol. The summed E-state index contributed by atoms with van der Waals surface area (Å²) in [5, 5.41) is 10.5. The Bertz CT molecular complexity index is 763. The Balaban J connectivity index is 1.97. The normalized spacial score (nSPS) is 17.1. The van der Waals surface area contributed by atoms with Crippen molar-refractivity contribution in [2.75, 3.05) is 13.1 Å². The van der Waals surface area contributed by atoms with Crippen LogP contribution in [-0.2, 0) is 6.54 Å². The van der Waals surface area contributed by atoms with Crippen LogP contribution in [0.5, 0.6) is 0 Å². The summed E-state index contributed by atoms with van der Waals surface area (Å²) in [6.07, 6.45) is 4.74. The van der Waals surface area contributed by atoms with Crippen molar-refractivity contribution in [2.24, 2.45) is 0 Å². The van der Waals surface area contributed by atoms with E-state index in [1.165, 1.54) is 19.3 Å². The van der Waals surface area contributed by atoms with E-state index in [1.54, 1.807) is 0 Å². The molecular weight excluding hydrogens is 286 g/mol. The SMILES string of the molecule is Cc1c(C=O)ccc2c1cc(C#N)n2C[C@H](C)N1CCCCC1. The fourth-order valence-corrected chi connectivity index (χ4v) is 3.65. The Labute approximate surface area is 137 Å². The molecular formula is C19H23N3O. The van der Waals surface area contributed by atoms with E-state index in [2.05, 4.69) is 22.5 Å². The van der Waals surface area contributed by atoms with E-state index in [0.29, 0.717) is 17.3 Å². The third-order valence-corrected chi connectivity index (χ3v) is 5.10. The van der Waals surface area contributed by atoms with Crippen LogP contribution >= 0.6 is 0 Å². The lowest BCUT2D eigenvalue weighted by Gasteiger charge is -2.32. The maximum atomic E-state index is 11.1. The van der Waals surface area contributed by atoms with Crippen molar-refractivity contribution in [2.45, 2.75) is 45.7 Å². The van der Waals surface area contributed by atoms with E-state index < -0.39 is 0 Å². The predicted octanol–water partition coefficient (Wildman–Crippen LogP) is 3.51. The molecule has 120 valence electrons. The van der Waals surface area contributed by atoms with Gasteiger partial charge in [-0.2, -0.15) is 5.26 Å². The van der Waals surface area contributed by atoms with Gasteiger partial charge < -0.3 is 4.57 Å². The molecule has 4 nitrogen and oxygen atoms in total. The van der Waals surface area contributed by atoms with Crippen LogP contribution < -0.4 is 0 Å². The first-order valence-corrected chi connectivity index (χ1v) is 8.38. The monoisotopic (exact) mass is 309 g/mol. The van der Waals surface area contributed by atoms with Crippen LogP contribution in [0, 0.1) is 18.3 Å². The van der Waals surface area contributed by atoms with Crippen LogP contribution in [-0.4, -0.2) is 34.9 Å². The molecule has 1 atom stereocenters. The summed E-state index contributed by atoms with van der Waals surface area (Å²) in [6.45, 7) is 7.30. The van der Waals surface area contributed by atoms with Crippen molar-refractivity contribution in [3.05, 3.63) is 35.0 Å². The number of rotatable bonds is 4. The highest BCUT2D eigenvalue weighted by Crippen LogP contribution is 2.26. The standard InChI is InChI=1S/C19H23N3O/c1-14(21-8-4-3-5-9-21)12-22-17(11-20)10-18-15(2)16(13-23)6-7-19(18)22/h6-7,10,13-14H,3-5,8-9,12H2,1-2H3/t14-/m0/s1. The number of aldehydes is 1. The Kier molecular flexibility index (Phi) is 4.49. The second kappa shape index (κ2) is 6.55. The van der Waals surface area contributed by atoms with Crippen LogP contribution in [0.15, 0.2) is 18.2 Å². The van der Waals surface area contributed by atoms with Gasteiger partial charge in [0.15, 0.2) is 0 Å². The van der Waals surface area contributed by atoms with Gasteiger partial charge in [-0.1, -0.05) is 6.42 Å². The molecule has 0 unspecified atom stereocenters. The highest BCUT2D eigenvalue weighted by Gasteiger charge is 2.20. The maximum absolute atomic E-state index is 11.1. The molecule has 1 saturated heterocycles. The number of carbonyl (C=O) groups is 1. The molecule has 0 saturated carbocycles. The van der Waals surface area contributed by atoms with Crippen molar-refractivity contribution >= 4 is 17.2 Å². The lowest BCUT2D eigenvalue weighted by molar-refractivity contribution is 0.112. The van der Waals surface area contributed by atoms with E-state index in [4.69, 9.17) is 0 Å². The smallest absolute Gasteiger partial charge is 0.150 e. The molecule has 0 N–H and O–H groups in total. The van der Waals surface area contributed by atoms with Gasteiger partial charge in [-0.05, 0) is 63.5 Å². The first kappa shape index (κ1) is 15.8. The summed E-state index contributed by atoms with van der Waals surface area (Å²) in [7, 11) is 0. The molecule has 1 fully saturated rings. The van der Waals surface area contributed by atoms with Gasteiger partial charge in [0, 0.05) is 29.1 Å². The molecule has 1 aliphatic rings. The molecule has 3 rings (SSSR count). The number of aromatic nitrogens is 1. The topological polar surface area (TPSA) is 49.0 Å². The summed E-state index contributed by atoms with van der Waals surface area (Å²) in [5.74, 6) is 0. The number of fused-ring (bicyclic) bond motifs is 1. The van der Waals surface area contributed by atoms with E-state index in [0.717, 1.165) is 42.4 Å². The molecule has 1 aromatic heterocycles.